The minimum absolute atomic E-state index is 0.293. The van der Waals surface area contributed by atoms with Crippen LogP contribution in [-0.2, 0) is 0 Å². The summed E-state index contributed by atoms with van der Waals surface area (Å²) in [5, 5.41) is 9.22. The van der Waals surface area contributed by atoms with E-state index >= 15 is 0 Å². The number of thioether (sulfide) groups is 1. The molecule has 1 aromatic rings. The van der Waals surface area contributed by atoms with Gasteiger partial charge in [0.25, 0.3) is 0 Å². The molecule has 0 amide bonds. The van der Waals surface area contributed by atoms with Crippen molar-refractivity contribution in [1.29, 1.82) is 0 Å². The van der Waals surface area contributed by atoms with Gasteiger partial charge >= 0.3 is 0 Å². The Morgan fingerprint density at radius 3 is 2.92 bits per heavy atom. The van der Waals surface area contributed by atoms with Gasteiger partial charge in [0.1, 0.15) is 0 Å². The van der Waals surface area contributed by atoms with Crippen LogP contribution in [0.25, 0.3) is 0 Å². The van der Waals surface area contributed by atoms with E-state index in [0.717, 1.165) is 9.37 Å². The summed E-state index contributed by atoms with van der Waals surface area (Å²) in [4.78, 5) is 1.14. The number of hydrogen-bond donors (Lipinski definition) is 1. The zero-order chi connectivity index (χ0) is 9.68. The van der Waals surface area contributed by atoms with Crippen molar-refractivity contribution in [2.45, 2.75) is 11.0 Å². The molecule has 0 aliphatic carbocycles. The zero-order valence-electron chi connectivity index (χ0n) is 6.91. The predicted octanol–water partition coefficient (Wildman–Crippen LogP) is 3.14. The average Bonchev–Trinajstić information content (AvgIpc) is 2.14. The fourth-order valence-electron chi connectivity index (χ4n) is 0.794. The third-order valence-corrected chi connectivity index (χ3v) is 3.40. The molecule has 1 aromatic carbocycles. The quantitative estimate of drug-likeness (QED) is 0.676. The highest BCUT2D eigenvalue weighted by Crippen LogP contribution is 2.22. The molecule has 0 spiro atoms. The monoisotopic (exact) mass is 280 g/mol. The van der Waals surface area contributed by atoms with Gasteiger partial charge < -0.3 is 5.11 Å². The van der Waals surface area contributed by atoms with E-state index < -0.39 is 6.10 Å². The first-order valence-electron chi connectivity index (χ1n) is 3.85. The van der Waals surface area contributed by atoms with Crippen LogP contribution in [-0.4, -0.2) is 22.8 Å². The Kier molecular flexibility index (Phi) is 5.17. The first kappa shape index (κ1) is 11.4. The minimum atomic E-state index is -0.425. The summed E-state index contributed by atoms with van der Waals surface area (Å²) >= 11 is 10.5. The molecule has 0 radical (unpaired) electrons. The minimum Gasteiger partial charge on any atom is -0.391 e. The third-order valence-electron chi connectivity index (χ3n) is 1.42. The van der Waals surface area contributed by atoms with Crippen LogP contribution < -0.4 is 0 Å². The largest absolute Gasteiger partial charge is 0.391 e. The Bertz CT molecular complexity index is 270. The van der Waals surface area contributed by atoms with Crippen molar-refractivity contribution in [1.82, 2.24) is 0 Å². The van der Waals surface area contributed by atoms with Crippen molar-refractivity contribution in [3.8, 4) is 0 Å². The standard InChI is InChI=1S/C9H10BrClOS/c10-7-2-1-3-9(4-7)13-6-8(12)5-11/h1-4,8,12H,5-6H2. The topological polar surface area (TPSA) is 20.2 Å². The van der Waals surface area contributed by atoms with Crippen LogP contribution in [0.15, 0.2) is 33.6 Å². The normalized spacial score (nSPS) is 12.8. The predicted molar refractivity (Wildman–Crippen MR) is 61.6 cm³/mol. The second-order valence-electron chi connectivity index (χ2n) is 2.58. The Morgan fingerprint density at radius 2 is 2.31 bits per heavy atom. The number of benzene rings is 1. The van der Waals surface area contributed by atoms with Gasteiger partial charge in [-0.2, -0.15) is 0 Å². The molecule has 4 heteroatoms. The molecule has 0 saturated heterocycles. The van der Waals surface area contributed by atoms with Crippen molar-refractivity contribution >= 4 is 39.3 Å². The maximum atomic E-state index is 9.22. The van der Waals surface area contributed by atoms with E-state index in [9.17, 15) is 5.11 Å². The van der Waals surface area contributed by atoms with Gasteiger partial charge in [0.2, 0.25) is 0 Å². The molecule has 1 rings (SSSR count). The van der Waals surface area contributed by atoms with Crippen molar-refractivity contribution in [2.24, 2.45) is 0 Å². The number of aliphatic hydroxyl groups is 1. The SMILES string of the molecule is OC(CCl)CSc1cccc(Br)c1. The lowest BCUT2D eigenvalue weighted by Gasteiger charge is -2.05. The summed E-state index contributed by atoms with van der Waals surface area (Å²) in [5.41, 5.74) is 0. The third kappa shape index (κ3) is 4.36. The zero-order valence-corrected chi connectivity index (χ0v) is 10.1. The van der Waals surface area contributed by atoms with E-state index in [1.54, 1.807) is 11.8 Å². The summed E-state index contributed by atoms with van der Waals surface area (Å²) in [5.74, 6) is 0.932. The number of halogens is 2. The summed E-state index contributed by atoms with van der Waals surface area (Å²) in [6.07, 6.45) is -0.425. The molecular formula is C9H10BrClOS. The van der Waals surface area contributed by atoms with Gasteiger partial charge in [-0.1, -0.05) is 22.0 Å². The van der Waals surface area contributed by atoms with Crippen LogP contribution in [0.4, 0.5) is 0 Å². The average molecular weight is 282 g/mol. The van der Waals surface area contributed by atoms with Gasteiger partial charge in [-0.05, 0) is 18.2 Å². The molecule has 1 N–H and O–H groups in total. The van der Waals surface area contributed by atoms with Gasteiger partial charge in [0.15, 0.2) is 0 Å². The van der Waals surface area contributed by atoms with E-state index in [1.807, 2.05) is 24.3 Å². The molecule has 72 valence electrons. The molecule has 0 aromatic heterocycles. The second-order valence-corrected chi connectivity index (χ2v) is 4.89. The number of rotatable bonds is 4. The maximum Gasteiger partial charge on any atom is 0.0769 e. The van der Waals surface area contributed by atoms with E-state index in [2.05, 4.69) is 15.9 Å². The van der Waals surface area contributed by atoms with Crippen LogP contribution >= 0.6 is 39.3 Å². The maximum absolute atomic E-state index is 9.22. The molecule has 0 heterocycles. The van der Waals surface area contributed by atoms with Gasteiger partial charge in [0.05, 0.1) is 6.10 Å². The summed E-state index contributed by atoms with van der Waals surface area (Å²) in [6.45, 7) is 0. The Balaban J connectivity index is 2.45. The van der Waals surface area contributed by atoms with Gasteiger partial charge in [0, 0.05) is 21.0 Å². The fourth-order valence-corrected chi connectivity index (χ4v) is 2.47. The number of aliphatic hydroxyl groups excluding tert-OH is 1. The summed E-state index contributed by atoms with van der Waals surface area (Å²) in [7, 11) is 0. The van der Waals surface area contributed by atoms with Crippen molar-refractivity contribution in [3.05, 3.63) is 28.7 Å². The summed E-state index contributed by atoms with van der Waals surface area (Å²) < 4.78 is 1.05. The molecule has 13 heavy (non-hydrogen) atoms. The molecular weight excluding hydrogens is 272 g/mol. The van der Waals surface area contributed by atoms with E-state index in [0.29, 0.717) is 11.6 Å². The molecule has 0 aliphatic heterocycles. The Labute approximate surface area is 95.6 Å². The van der Waals surface area contributed by atoms with Crippen LogP contribution in [0.3, 0.4) is 0 Å². The Morgan fingerprint density at radius 1 is 1.54 bits per heavy atom. The van der Waals surface area contributed by atoms with Crippen molar-refractivity contribution in [3.63, 3.8) is 0 Å². The summed E-state index contributed by atoms with van der Waals surface area (Å²) in [6, 6.07) is 7.98. The van der Waals surface area contributed by atoms with Crippen molar-refractivity contribution in [2.75, 3.05) is 11.6 Å². The van der Waals surface area contributed by atoms with E-state index in [1.165, 1.54) is 0 Å². The van der Waals surface area contributed by atoms with Gasteiger partial charge in [-0.25, -0.2) is 0 Å². The molecule has 0 aliphatic rings. The first-order chi connectivity index (χ1) is 6.22. The van der Waals surface area contributed by atoms with Crippen molar-refractivity contribution < 1.29 is 5.11 Å². The molecule has 0 saturated carbocycles. The highest BCUT2D eigenvalue weighted by Gasteiger charge is 2.02. The highest BCUT2D eigenvalue weighted by molar-refractivity contribution is 9.10. The van der Waals surface area contributed by atoms with Gasteiger partial charge in [-0.15, -0.1) is 23.4 Å². The molecule has 1 atom stereocenters. The lowest BCUT2D eigenvalue weighted by Crippen LogP contribution is -2.10. The molecule has 0 fully saturated rings. The first-order valence-corrected chi connectivity index (χ1v) is 6.16. The molecule has 1 unspecified atom stereocenters. The number of hydrogen-bond acceptors (Lipinski definition) is 2. The second kappa shape index (κ2) is 5.91. The molecule has 1 nitrogen and oxygen atoms in total. The van der Waals surface area contributed by atoms with Crippen LogP contribution in [0.5, 0.6) is 0 Å². The molecule has 0 bridgehead atoms. The smallest absolute Gasteiger partial charge is 0.0769 e. The fraction of sp³-hybridized carbons (Fsp3) is 0.333. The highest BCUT2D eigenvalue weighted by atomic mass is 79.9. The number of alkyl halides is 1. The lowest BCUT2D eigenvalue weighted by atomic mass is 10.4. The van der Waals surface area contributed by atoms with Crippen LogP contribution in [0.2, 0.25) is 0 Å². The van der Waals surface area contributed by atoms with Gasteiger partial charge in [-0.3, -0.25) is 0 Å². The lowest BCUT2D eigenvalue weighted by molar-refractivity contribution is 0.223. The van der Waals surface area contributed by atoms with E-state index in [-0.39, 0.29) is 0 Å². The van der Waals surface area contributed by atoms with Crippen LogP contribution in [0, 0.1) is 0 Å². The van der Waals surface area contributed by atoms with E-state index in [4.69, 9.17) is 11.6 Å². The van der Waals surface area contributed by atoms with Crippen LogP contribution in [0.1, 0.15) is 0 Å². The Hall–Kier alpha value is 0.300.